The molecular weight excluding hydrogens is 350 g/mol. The van der Waals surface area contributed by atoms with Crippen molar-refractivity contribution in [2.24, 2.45) is 0 Å². The third-order valence-electron chi connectivity index (χ3n) is 3.98. The van der Waals surface area contributed by atoms with Crippen LogP contribution in [0.1, 0.15) is 12.7 Å². The van der Waals surface area contributed by atoms with Crippen molar-refractivity contribution in [3.8, 4) is 11.5 Å². The van der Waals surface area contributed by atoms with Crippen LogP contribution in [0.4, 0.5) is 5.69 Å². The summed E-state index contributed by atoms with van der Waals surface area (Å²) in [6.45, 7) is 3.92. The molecule has 1 aromatic heterocycles. The molecule has 0 saturated heterocycles. The number of thioether (sulfide) groups is 1. The number of anilines is 1. The molecule has 26 heavy (non-hydrogen) atoms. The highest BCUT2D eigenvalue weighted by Crippen LogP contribution is 2.35. The predicted octanol–water partition coefficient (Wildman–Crippen LogP) is 3.79. The number of nitrogens with zero attached hydrogens (tertiary/aromatic N) is 2. The molecule has 1 amide bonds. The minimum absolute atomic E-state index is 0.103. The first-order chi connectivity index (χ1) is 12.6. The number of rotatable bonds is 4. The Morgan fingerprint density at radius 2 is 1.96 bits per heavy atom. The molecule has 0 spiro atoms. The quantitative estimate of drug-likeness (QED) is 0.559. The van der Waals surface area contributed by atoms with E-state index in [2.05, 4.69) is 15.3 Å². The highest BCUT2D eigenvalue weighted by Gasteiger charge is 2.19. The Balaban J connectivity index is 1.51. The Morgan fingerprint density at radius 1 is 1.15 bits per heavy atom. The van der Waals surface area contributed by atoms with Crippen LogP contribution in [0.2, 0.25) is 0 Å². The minimum Gasteiger partial charge on any atom is -0.454 e. The molecule has 1 N–H and O–H groups in total. The molecule has 0 unspecified atom stereocenters. The van der Waals surface area contributed by atoms with Crippen LogP contribution >= 0.6 is 11.8 Å². The van der Waals surface area contributed by atoms with Gasteiger partial charge >= 0.3 is 0 Å². The fourth-order valence-corrected chi connectivity index (χ4v) is 3.67. The van der Waals surface area contributed by atoms with Crippen molar-refractivity contribution in [3.63, 3.8) is 0 Å². The normalized spacial score (nSPS) is 13.6. The molecule has 132 valence electrons. The van der Waals surface area contributed by atoms with Crippen molar-refractivity contribution >= 4 is 34.3 Å². The lowest BCUT2D eigenvalue weighted by atomic mass is 10.2. The molecule has 6 nitrogen and oxygen atoms in total. The monoisotopic (exact) mass is 367 g/mol. The summed E-state index contributed by atoms with van der Waals surface area (Å²) in [5.41, 5.74) is 1.56. The second kappa shape index (κ2) is 6.84. The molecule has 1 atom stereocenters. The van der Waals surface area contributed by atoms with E-state index in [1.807, 2.05) is 38.1 Å². The van der Waals surface area contributed by atoms with E-state index in [1.54, 1.807) is 18.2 Å². The van der Waals surface area contributed by atoms with Gasteiger partial charge in [0.05, 0.1) is 10.8 Å². The zero-order valence-corrected chi connectivity index (χ0v) is 15.2. The lowest BCUT2D eigenvalue weighted by Crippen LogP contribution is -2.22. The molecule has 0 aliphatic carbocycles. The second-order valence-electron chi connectivity index (χ2n) is 5.91. The standard InChI is InChI=1S/C19H17N3O3S/c1-11(18(23)22-13-7-8-16-17(9-13)25-10-24-16)26-19-14-5-3-4-6-15(14)20-12(2)21-19/h3-9,11H,10H2,1-2H3,(H,22,23)/t11-/m0/s1. The Labute approximate surface area is 154 Å². The predicted molar refractivity (Wildman–Crippen MR) is 101 cm³/mol. The molecule has 1 aliphatic rings. The van der Waals surface area contributed by atoms with Crippen molar-refractivity contribution in [2.45, 2.75) is 24.1 Å². The van der Waals surface area contributed by atoms with Crippen LogP contribution in [0.25, 0.3) is 10.9 Å². The third-order valence-corrected chi connectivity index (χ3v) is 5.08. The summed E-state index contributed by atoms with van der Waals surface area (Å²) < 4.78 is 10.6. The molecular formula is C19H17N3O3S. The molecule has 1 aliphatic heterocycles. The fraction of sp³-hybridized carbons (Fsp3) is 0.211. The van der Waals surface area contributed by atoms with Crippen molar-refractivity contribution in [2.75, 3.05) is 12.1 Å². The molecule has 2 aromatic carbocycles. The molecule has 4 rings (SSSR count). The lowest BCUT2D eigenvalue weighted by Gasteiger charge is -2.13. The van der Waals surface area contributed by atoms with Crippen LogP contribution in [0, 0.1) is 6.92 Å². The summed E-state index contributed by atoms with van der Waals surface area (Å²) >= 11 is 1.42. The largest absolute Gasteiger partial charge is 0.454 e. The van der Waals surface area contributed by atoms with Gasteiger partial charge in [-0.15, -0.1) is 0 Å². The average molecular weight is 367 g/mol. The van der Waals surface area contributed by atoms with Crippen molar-refractivity contribution in [1.29, 1.82) is 0 Å². The zero-order chi connectivity index (χ0) is 18.1. The van der Waals surface area contributed by atoms with Gasteiger partial charge in [0.15, 0.2) is 11.5 Å². The summed E-state index contributed by atoms with van der Waals surface area (Å²) in [5.74, 6) is 1.91. The van der Waals surface area contributed by atoms with Gasteiger partial charge in [-0.25, -0.2) is 9.97 Å². The summed E-state index contributed by atoms with van der Waals surface area (Å²) in [4.78, 5) is 21.5. The summed E-state index contributed by atoms with van der Waals surface area (Å²) in [5, 5.41) is 4.35. The third kappa shape index (κ3) is 3.30. The number of nitrogens with one attached hydrogen (secondary N) is 1. The second-order valence-corrected chi connectivity index (χ2v) is 7.24. The van der Waals surface area contributed by atoms with Gasteiger partial charge < -0.3 is 14.8 Å². The maximum atomic E-state index is 12.6. The number of benzene rings is 2. The number of aryl methyl sites for hydroxylation is 1. The number of carbonyl (C=O) groups excluding carboxylic acids is 1. The number of amides is 1. The van der Waals surface area contributed by atoms with Crippen LogP contribution in [-0.4, -0.2) is 27.9 Å². The Hall–Kier alpha value is -2.80. The van der Waals surface area contributed by atoms with E-state index < -0.39 is 0 Å². The van der Waals surface area contributed by atoms with E-state index in [9.17, 15) is 4.79 Å². The van der Waals surface area contributed by atoms with Gasteiger partial charge in [-0.2, -0.15) is 0 Å². The van der Waals surface area contributed by atoms with Gasteiger partial charge in [-0.1, -0.05) is 30.0 Å². The highest BCUT2D eigenvalue weighted by atomic mass is 32.2. The van der Waals surface area contributed by atoms with Gasteiger partial charge in [0.25, 0.3) is 0 Å². The van der Waals surface area contributed by atoms with Gasteiger partial charge in [0, 0.05) is 17.1 Å². The number of hydrogen-bond acceptors (Lipinski definition) is 6. The van der Waals surface area contributed by atoms with Gasteiger partial charge in [0.2, 0.25) is 12.7 Å². The molecule has 2 heterocycles. The summed E-state index contributed by atoms with van der Waals surface area (Å²) in [7, 11) is 0. The molecule has 0 saturated carbocycles. The van der Waals surface area contributed by atoms with Crippen LogP contribution in [0.5, 0.6) is 11.5 Å². The smallest absolute Gasteiger partial charge is 0.237 e. The first-order valence-corrected chi connectivity index (χ1v) is 9.09. The first kappa shape index (κ1) is 16.7. The molecule has 0 radical (unpaired) electrons. The van der Waals surface area contributed by atoms with Crippen LogP contribution in [-0.2, 0) is 4.79 Å². The number of fused-ring (bicyclic) bond motifs is 2. The van der Waals surface area contributed by atoms with Crippen molar-refractivity contribution < 1.29 is 14.3 Å². The Kier molecular flexibility index (Phi) is 4.38. The topological polar surface area (TPSA) is 73.3 Å². The molecule has 3 aromatic rings. The van der Waals surface area contributed by atoms with E-state index >= 15 is 0 Å². The van der Waals surface area contributed by atoms with Gasteiger partial charge in [-0.05, 0) is 32.0 Å². The lowest BCUT2D eigenvalue weighted by molar-refractivity contribution is -0.115. The van der Waals surface area contributed by atoms with Crippen molar-refractivity contribution in [3.05, 3.63) is 48.3 Å². The Morgan fingerprint density at radius 3 is 2.85 bits per heavy atom. The van der Waals surface area contributed by atoms with E-state index in [0.717, 1.165) is 15.9 Å². The van der Waals surface area contributed by atoms with E-state index in [-0.39, 0.29) is 18.0 Å². The van der Waals surface area contributed by atoms with Crippen LogP contribution < -0.4 is 14.8 Å². The number of para-hydroxylation sites is 1. The van der Waals surface area contributed by atoms with Gasteiger partial charge in [-0.3, -0.25) is 4.79 Å². The number of aromatic nitrogens is 2. The average Bonchev–Trinajstić information content (AvgIpc) is 3.09. The number of carbonyl (C=O) groups is 1. The molecule has 7 heteroatoms. The maximum Gasteiger partial charge on any atom is 0.237 e. The zero-order valence-electron chi connectivity index (χ0n) is 14.4. The van der Waals surface area contributed by atoms with Crippen molar-refractivity contribution in [1.82, 2.24) is 9.97 Å². The number of ether oxygens (including phenoxy) is 2. The molecule has 0 fully saturated rings. The van der Waals surface area contributed by atoms with Crippen LogP contribution in [0.3, 0.4) is 0 Å². The summed E-state index contributed by atoms with van der Waals surface area (Å²) in [6, 6.07) is 13.2. The first-order valence-electron chi connectivity index (χ1n) is 8.21. The van der Waals surface area contributed by atoms with Crippen LogP contribution in [0.15, 0.2) is 47.5 Å². The maximum absolute atomic E-state index is 12.6. The highest BCUT2D eigenvalue weighted by molar-refractivity contribution is 8.00. The molecule has 0 bridgehead atoms. The SMILES string of the molecule is Cc1nc(S[C@@H](C)C(=O)Nc2ccc3c(c2)OCO3)c2ccccc2n1. The van der Waals surface area contributed by atoms with E-state index in [4.69, 9.17) is 9.47 Å². The number of hydrogen-bond donors (Lipinski definition) is 1. The van der Waals surface area contributed by atoms with E-state index in [1.165, 1.54) is 11.8 Å². The Bertz CT molecular complexity index is 993. The van der Waals surface area contributed by atoms with E-state index in [0.29, 0.717) is 23.0 Å². The van der Waals surface area contributed by atoms with Gasteiger partial charge in [0.1, 0.15) is 10.9 Å². The summed E-state index contributed by atoms with van der Waals surface area (Å²) in [6.07, 6.45) is 0. The minimum atomic E-state index is -0.321. The fourth-order valence-electron chi connectivity index (χ4n) is 2.69.